The topological polar surface area (TPSA) is 36.9 Å². The van der Waals surface area contributed by atoms with Crippen LogP contribution in [0.2, 0.25) is 0 Å². The zero-order chi connectivity index (χ0) is 32.4. The molecule has 0 aliphatic heterocycles. The number of rotatable bonds is 14. The van der Waals surface area contributed by atoms with Gasteiger partial charge in [-0.05, 0) is 47.2 Å². The maximum atomic E-state index is 7.66. The van der Waals surface area contributed by atoms with E-state index in [0.717, 1.165) is 33.4 Å². The molecule has 0 fully saturated rings. The minimum atomic E-state index is -4.16. The molecular weight excluding hydrogens is 597 g/mol. The maximum absolute atomic E-state index is 7.66. The number of hydrogen-bond acceptors (Lipinski definition) is 4. The summed E-state index contributed by atoms with van der Waals surface area (Å²) in [7, 11) is -4.16. The maximum Gasteiger partial charge on any atom is 0.682 e. The molecule has 6 aromatic rings. The van der Waals surface area contributed by atoms with Gasteiger partial charge in [-0.25, -0.2) is 0 Å². The van der Waals surface area contributed by atoms with E-state index in [1.54, 1.807) is 0 Å². The van der Waals surface area contributed by atoms with Crippen LogP contribution in [-0.2, 0) is 28.9 Å². The normalized spacial score (nSPS) is 12.1. The first-order valence-electron chi connectivity index (χ1n) is 16.2. The molecular formula is C42H40O4Si. The van der Waals surface area contributed by atoms with Crippen LogP contribution in [0.3, 0.4) is 0 Å². The summed E-state index contributed by atoms with van der Waals surface area (Å²) in [6.07, 6.45) is 0. The molecule has 0 saturated heterocycles. The molecule has 236 valence electrons. The summed E-state index contributed by atoms with van der Waals surface area (Å²) in [5, 5.41) is 0. The van der Waals surface area contributed by atoms with Crippen molar-refractivity contribution in [2.75, 3.05) is 13.2 Å². The summed E-state index contributed by atoms with van der Waals surface area (Å²) >= 11 is 0. The molecule has 0 aliphatic rings. The first-order chi connectivity index (χ1) is 23.2. The Morgan fingerprint density at radius 3 is 0.702 bits per heavy atom. The first kappa shape index (κ1) is 32.3. The average Bonchev–Trinajstić information content (AvgIpc) is 3.15. The molecule has 0 aliphatic carbocycles. The van der Waals surface area contributed by atoms with Crippen molar-refractivity contribution < 1.29 is 17.7 Å². The third kappa shape index (κ3) is 6.50. The van der Waals surface area contributed by atoms with Crippen molar-refractivity contribution in [3.8, 4) is 0 Å². The van der Waals surface area contributed by atoms with Crippen molar-refractivity contribution in [1.29, 1.82) is 0 Å². The second kappa shape index (κ2) is 14.9. The van der Waals surface area contributed by atoms with E-state index in [1.165, 1.54) is 0 Å². The van der Waals surface area contributed by atoms with Gasteiger partial charge in [0, 0.05) is 13.2 Å². The number of hydrogen-bond donors (Lipinski definition) is 0. The third-order valence-electron chi connectivity index (χ3n) is 8.28. The highest BCUT2D eigenvalue weighted by Crippen LogP contribution is 2.48. The molecule has 4 nitrogen and oxygen atoms in total. The van der Waals surface area contributed by atoms with Crippen LogP contribution in [0.15, 0.2) is 182 Å². The Balaban J connectivity index is 1.67. The van der Waals surface area contributed by atoms with Crippen LogP contribution in [0.1, 0.15) is 47.2 Å². The van der Waals surface area contributed by atoms with E-state index in [2.05, 4.69) is 72.8 Å². The fraction of sp³-hybridized carbons (Fsp3) is 0.143. The molecule has 0 saturated carbocycles. The highest BCUT2D eigenvalue weighted by Gasteiger charge is 2.59. The highest BCUT2D eigenvalue weighted by atomic mass is 28.4. The zero-order valence-electron chi connectivity index (χ0n) is 26.9. The largest absolute Gasteiger partial charge is 0.682 e. The minimum absolute atomic E-state index is 0.315. The Bertz CT molecular complexity index is 1460. The lowest BCUT2D eigenvalue weighted by Crippen LogP contribution is -2.59. The van der Waals surface area contributed by atoms with Crippen LogP contribution in [-0.4, -0.2) is 22.3 Å². The Morgan fingerprint density at radius 2 is 0.532 bits per heavy atom. The van der Waals surface area contributed by atoms with Crippen LogP contribution in [0.5, 0.6) is 0 Å². The molecule has 0 aromatic heterocycles. The van der Waals surface area contributed by atoms with Gasteiger partial charge >= 0.3 is 9.05 Å². The van der Waals surface area contributed by atoms with E-state index < -0.39 is 20.3 Å². The predicted octanol–water partition coefficient (Wildman–Crippen LogP) is 9.51. The van der Waals surface area contributed by atoms with Crippen molar-refractivity contribution in [3.05, 3.63) is 215 Å². The van der Waals surface area contributed by atoms with Crippen LogP contribution < -0.4 is 0 Å². The van der Waals surface area contributed by atoms with Crippen molar-refractivity contribution in [3.63, 3.8) is 0 Å². The van der Waals surface area contributed by atoms with Gasteiger partial charge in [-0.1, -0.05) is 182 Å². The molecule has 6 aromatic carbocycles. The molecule has 0 N–H and O–H groups in total. The molecule has 0 unspecified atom stereocenters. The summed E-state index contributed by atoms with van der Waals surface area (Å²) in [5.41, 5.74) is 3.31. The van der Waals surface area contributed by atoms with E-state index in [9.17, 15) is 0 Å². The monoisotopic (exact) mass is 636 g/mol. The Kier molecular flexibility index (Phi) is 10.2. The van der Waals surface area contributed by atoms with Crippen molar-refractivity contribution >= 4 is 9.05 Å². The summed E-state index contributed by atoms with van der Waals surface area (Å²) in [6, 6.07) is 61.6. The van der Waals surface area contributed by atoms with Crippen LogP contribution in [0, 0.1) is 0 Å². The lowest BCUT2D eigenvalue weighted by molar-refractivity contribution is -0.0975. The predicted molar refractivity (Wildman–Crippen MR) is 190 cm³/mol. The third-order valence-corrected chi connectivity index (χ3v) is 10.7. The van der Waals surface area contributed by atoms with Gasteiger partial charge in [0.2, 0.25) is 0 Å². The summed E-state index contributed by atoms with van der Waals surface area (Å²) in [4.78, 5) is 0. The van der Waals surface area contributed by atoms with Gasteiger partial charge in [-0.15, -0.1) is 0 Å². The van der Waals surface area contributed by atoms with E-state index in [0.29, 0.717) is 13.2 Å². The Hall–Kier alpha value is -4.62. The molecule has 0 amide bonds. The molecule has 5 heteroatoms. The quantitative estimate of drug-likeness (QED) is 0.0882. The standard InChI is InChI=1S/C42H40O4Si/c1-3-43-47(44-4-2,45-41(35-23-11-5-12-24-35,36-25-13-6-14-26-36)37-27-15-7-16-28-37)46-42(38-29-17-8-18-30-38,39-31-19-9-20-32-39)40-33-21-10-22-34-40/h5-34H,3-4H2,1-2H3. The van der Waals surface area contributed by atoms with E-state index in [-0.39, 0.29) is 0 Å². The van der Waals surface area contributed by atoms with Crippen LogP contribution in [0.4, 0.5) is 0 Å². The van der Waals surface area contributed by atoms with E-state index in [1.807, 2.05) is 123 Å². The molecule has 6 rings (SSSR count). The Labute approximate surface area is 279 Å². The first-order valence-corrected chi connectivity index (χ1v) is 17.8. The van der Waals surface area contributed by atoms with Crippen molar-refractivity contribution in [1.82, 2.24) is 0 Å². The summed E-state index contributed by atoms with van der Waals surface area (Å²) in [6.45, 7) is 4.54. The number of benzene rings is 6. The molecule has 0 spiro atoms. The second-order valence-electron chi connectivity index (χ2n) is 11.1. The zero-order valence-corrected chi connectivity index (χ0v) is 27.9. The van der Waals surface area contributed by atoms with Crippen LogP contribution >= 0.6 is 0 Å². The highest BCUT2D eigenvalue weighted by molar-refractivity contribution is 6.54. The summed E-state index contributed by atoms with van der Waals surface area (Å²) < 4.78 is 28.9. The van der Waals surface area contributed by atoms with Crippen molar-refractivity contribution in [2.45, 2.75) is 25.0 Å². The van der Waals surface area contributed by atoms with Gasteiger partial charge in [-0.3, -0.25) is 0 Å². The second-order valence-corrected chi connectivity index (χ2v) is 13.1. The fourth-order valence-corrected chi connectivity index (χ4v) is 8.82. The van der Waals surface area contributed by atoms with Gasteiger partial charge in [0.1, 0.15) is 11.2 Å². The fourth-order valence-electron chi connectivity index (χ4n) is 6.30. The molecule has 0 heterocycles. The summed E-state index contributed by atoms with van der Waals surface area (Å²) in [5.74, 6) is 0. The smallest absolute Gasteiger partial charge is 0.351 e. The van der Waals surface area contributed by atoms with Crippen LogP contribution in [0.25, 0.3) is 0 Å². The van der Waals surface area contributed by atoms with Crippen molar-refractivity contribution in [2.24, 2.45) is 0 Å². The lowest BCUT2D eigenvalue weighted by atomic mass is 9.80. The SMILES string of the molecule is CCO[Si](OCC)(OC(c1ccccc1)(c1ccccc1)c1ccccc1)OC(c1ccccc1)(c1ccccc1)c1ccccc1. The van der Waals surface area contributed by atoms with Gasteiger partial charge in [-0.2, -0.15) is 0 Å². The molecule has 0 radical (unpaired) electrons. The van der Waals surface area contributed by atoms with E-state index >= 15 is 0 Å². The Morgan fingerprint density at radius 1 is 0.340 bits per heavy atom. The molecule has 0 atom stereocenters. The average molecular weight is 637 g/mol. The van der Waals surface area contributed by atoms with E-state index in [4.69, 9.17) is 17.7 Å². The van der Waals surface area contributed by atoms with Gasteiger partial charge in [0.25, 0.3) is 0 Å². The van der Waals surface area contributed by atoms with Gasteiger partial charge in [0.15, 0.2) is 0 Å². The minimum Gasteiger partial charge on any atom is -0.351 e. The molecule has 0 bridgehead atoms. The molecule has 47 heavy (non-hydrogen) atoms. The van der Waals surface area contributed by atoms with Gasteiger partial charge < -0.3 is 17.7 Å². The van der Waals surface area contributed by atoms with Gasteiger partial charge in [0.05, 0.1) is 0 Å². The lowest BCUT2D eigenvalue weighted by Gasteiger charge is -2.46.